The van der Waals surface area contributed by atoms with Crippen molar-refractivity contribution in [2.24, 2.45) is 5.92 Å². The third-order valence-electron chi connectivity index (χ3n) is 3.83. The van der Waals surface area contributed by atoms with Gasteiger partial charge in [0.1, 0.15) is 5.54 Å². The van der Waals surface area contributed by atoms with Crippen molar-refractivity contribution in [2.75, 3.05) is 5.75 Å². The number of nitrogens with one attached hydrogen (secondary N) is 1. The van der Waals surface area contributed by atoms with E-state index in [2.05, 4.69) is 21.6 Å². The van der Waals surface area contributed by atoms with E-state index in [0.29, 0.717) is 16.1 Å². The number of carbonyl (C=O) groups is 1. The molecule has 1 heterocycles. The Balaban J connectivity index is 1.57. The molecule has 24 heavy (non-hydrogen) atoms. The third kappa shape index (κ3) is 3.89. The van der Waals surface area contributed by atoms with E-state index in [4.69, 9.17) is 16.0 Å². The molecular formula is C16H15ClN4O2S. The van der Waals surface area contributed by atoms with Crippen molar-refractivity contribution in [1.29, 1.82) is 5.26 Å². The Morgan fingerprint density at radius 1 is 1.54 bits per heavy atom. The maximum Gasteiger partial charge on any atom is 0.277 e. The minimum absolute atomic E-state index is 0.112. The minimum atomic E-state index is -0.793. The molecule has 1 aromatic heterocycles. The van der Waals surface area contributed by atoms with Crippen LogP contribution >= 0.6 is 23.4 Å². The quantitative estimate of drug-likeness (QED) is 0.793. The van der Waals surface area contributed by atoms with Crippen molar-refractivity contribution >= 4 is 29.3 Å². The highest BCUT2D eigenvalue weighted by atomic mass is 35.5. The first-order valence-corrected chi connectivity index (χ1v) is 8.81. The fraction of sp³-hybridized carbons (Fsp3) is 0.375. The van der Waals surface area contributed by atoms with Gasteiger partial charge < -0.3 is 9.73 Å². The molecule has 2 aromatic rings. The second kappa shape index (κ2) is 6.83. The molecule has 1 aliphatic rings. The van der Waals surface area contributed by atoms with Gasteiger partial charge in [-0.3, -0.25) is 4.79 Å². The monoisotopic (exact) mass is 362 g/mol. The number of thioether (sulfide) groups is 1. The molecule has 0 bridgehead atoms. The van der Waals surface area contributed by atoms with Crippen molar-refractivity contribution in [1.82, 2.24) is 15.5 Å². The number of benzene rings is 1. The van der Waals surface area contributed by atoms with Gasteiger partial charge in [0, 0.05) is 10.6 Å². The van der Waals surface area contributed by atoms with E-state index in [0.717, 1.165) is 30.2 Å². The molecule has 0 aliphatic heterocycles. The fourth-order valence-corrected chi connectivity index (χ4v) is 3.09. The lowest BCUT2D eigenvalue weighted by Crippen LogP contribution is -2.47. The van der Waals surface area contributed by atoms with Crippen molar-refractivity contribution in [2.45, 2.75) is 30.5 Å². The predicted molar refractivity (Wildman–Crippen MR) is 90.4 cm³/mol. The average Bonchev–Trinajstić information content (AvgIpc) is 3.32. The molecule has 1 amide bonds. The van der Waals surface area contributed by atoms with E-state index in [1.165, 1.54) is 0 Å². The van der Waals surface area contributed by atoms with Crippen LogP contribution in [0.25, 0.3) is 11.5 Å². The van der Waals surface area contributed by atoms with E-state index >= 15 is 0 Å². The van der Waals surface area contributed by atoms with Crippen LogP contribution in [-0.4, -0.2) is 27.4 Å². The first-order valence-electron chi connectivity index (χ1n) is 7.45. The van der Waals surface area contributed by atoms with Gasteiger partial charge in [-0.2, -0.15) is 5.26 Å². The normalized spacial score (nSPS) is 16.2. The summed E-state index contributed by atoms with van der Waals surface area (Å²) in [6.45, 7) is 1.76. The summed E-state index contributed by atoms with van der Waals surface area (Å²) >= 11 is 7.07. The van der Waals surface area contributed by atoms with Crippen LogP contribution in [0.5, 0.6) is 0 Å². The molecule has 6 nitrogen and oxygen atoms in total. The summed E-state index contributed by atoms with van der Waals surface area (Å²) in [5.74, 6) is 0.481. The SMILES string of the molecule is C[C@@](C#N)(NC(=O)CSc1nnc(-c2cccc(Cl)c2)o1)C1CC1. The van der Waals surface area contributed by atoms with E-state index in [1.807, 2.05) is 6.07 Å². The maximum absolute atomic E-state index is 12.1. The molecule has 0 spiro atoms. The summed E-state index contributed by atoms with van der Waals surface area (Å²) in [7, 11) is 0. The molecule has 1 fully saturated rings. The van der Waals surface area contributed by atoms with Crippen molar-refractivity contribution < 1.29 is 9.21 Å². The van der Waals surface area contributed by atoms with E-state index < -0.39 is 5.54 Å². The summed E-state index contributed by atoms with van der Waals surface area (Å²) < 4.78 is 5.53. The summed E-state index contributed by atoms with van der Waals surface area (Å²) in [6, 6.07) is 9.29. The van der Waals surface area contributed by atoms with Crippen LogP contribution in [0.15, 0.2) is 33.9 Å². The zero-order valence-electron chi connectivity index (χ0n) is 13.0. The molecule has 0 unspecified atom stereocenters. The van der Waals surface area contributed by atoms with Gasteiger partial charge in [-0.15, -0.1) is 10.2 Å². The Hall–Kier alpha value is -2.04. The maximum atomic E-state index is 12.1. The van der Waals surface area contributed by atoms with Gasteiger partial charge in [0.2, 0.25) is 11.8 Å². The number of aromatic nitrogens is 2. The lowest BCUT2D eigenvalue weighted by molar-refractivity contribution is -0.119. The predicted octanol–water partition coefficient (Wildman–Crippen LogP) is 3.29. The van der Waals surface area contributed by atoms with Crippen molar-refractivity contribution in [3.05, 3.63) is 29.3 Å². The van der Waals surface area contributed by atoms with E-state index in [1.54, 1.807) is 25.1 Å². The van der Waals surface area contributed by atoms with Crippen LogP contribution in [-0.2, 0) is 4.79 Å². The molecule has 1 atom stereocenters. The summed E-state index contributed by atoms with van der Waals surface area (Å²) in [5, 5.41) is 20.8. The lowest BCUT2D eigenvalue weighted by Gasteiger charge is -2.22. The van der Waals surface area contributed by atoms with E-state index in [-0.39, 0.29) is 17.6 Å². The van der Waals surface area contributed by atoms with Gasteiger partial charge >= 0.3 is 0 Å². The molecule has 8 heteroatoms. The van der Waals surface area contributed by atoms with Gasteiger partial charge in [-0.25, -0.2) is 0 Å². The van der Waals surface area contributed by atoms with Crippen molar-refractivity contribution in [3.8, 4) is 17.5 Å². The molecule has 0 saturated heterocycles. The molecule has 1 aromatic carbocycles. The van der Waals surface area contributed by atoms with Gasteiger partial charge in [0.15, 0.2) is 0 Å². The van der Waals surface area contributed by atoms with Gasteiger partial charge in [0.05, 0.1) is 11.8 Å². The second-order valence-electron chi connectivity index (χ2n) is 5.81. The van der Waals surface area contributed by atoms with Crippen molar-refractivity contribution in [3.63, 3.8) is 0 Å². The highest BCUT2D eigenvalue weighted by molar-refractivity contribution is 7.99. The molecule has 0 radical (unpaired) electrons. The van der Waals surface area contributed by atoms with Crippen LogP contribution in [0.4, 0.5) is 0 Å². The number of nitrogens with zero attached hydrogens (tertiary/aromatic N) is 3. The highest BCUT2D eigenvalue weighted by Crippen LogP contribution is 2.39. The number of carbonyl (C=O) groups excluding carboxylic acids is 1. The zero-order chi connectivity index (χ0) is 17.2. The standard InChI is InChI=1S/C16H15ClN4O2S/c1-16(9-18,11-5-6-11)19-13(22)8-24-15-21-20-14(23-15)10-3-2-4-12(17)7-10/h2-4,7,11H,5-6,8H2,1H3,(H,19,22)/t16-/m0/s1. The summed E-state index contributed by atoms with van der Waals surface area (Å²) in [6.07, 6.45) is 1.95. The number of amides is 1. The van der Waals surface area contributed by atoms with E-state index in [9.17, 15) is 10.1 Å². The van der Waals surface area contributed by atoms with Crippen LogP contribution in [0.3, 0.4) is 0 Å². The number of halogens is 1. The Labute approximate surface area is 148 Å². The number of hydrogen-bond acceptors (Lipinski definition) is 6. The Morgan fingerprint density at radius 2 is 2.33 bits per heavy atom. The zero-order valence-corrected chi connectivity index (χ0v) is 14.5. The van der Waals surface area contributed by atoms with Crippen LogP contribution in [0.2, 0.25) is 5.02 Å². The number of hydrogen-bond donors (Lipinski definition) is 1. The number of nitriles is 1. The first kappa shape index (κ1) is 16.8. The van der Waals surface area contributed by atoms with Crippen LogP contribution < -0.4 is 5.32 Å². The molecule has 124 valence electrons. The Kier molecular flexibility index (Phi) is 4.78. The van der Waals surface area contributed by atoms with Gasteiger partial charge in [-0.05, 0) is 43.9 Å². The second-order valence-corrected chi connectivity index (χ2v) is 7.17. The molecule has 1 saturated carbocycles. The topological polar surface area (TPSA) is 91.8 Å². The molecule has 1 N–H and O–H groups in total. The minimum Gasteiger partial charge on any atom is -0.411 e. The summed E-state index contributed by atoms with van der Waals surface area (Å²) in [4.78, 5) is 12.1. The average molecular weight is 363 g/mol. The van der Waals surface area contributed by atoms with Gasteiger partial charge in [-0.1, -0.05) is 29.4 Å². The van der Waals surface area contributed by atoms with Gasteiger partial charge in [0.25, 0.3) is 5.22 Å². The Morgan fingerprint density at radius 3 is 3.00 bits per heavy atom. The fourth-order valence-electron chi connectivity index (χ4n) is 2.34. The third-order valence-corrected chi connectivity index (χ3v) is 4.88. The first-order chi connectivity index (χ1) is 11.5. The number of rotatable bonds is 6. The molecule has 3 rings (SSSR count). The van der Waals surface area contributed by atoms with Crippen LogP contribution in [0.1, 0.15) is 19.8 Å². The summed E-state index contributed by atoms with van der Waals surface area (Å²) in [5.41, 5.74) is -0.0737. The highest BCUT2D eigenvalue weighted by Gasteiger charge is 2.42. The largest absolute Gasteiger partial charge is 0.411 e. The molecular weight excluding hydrogens is 348 g/mol. The lowest BCUT2D eigenvalue weighted by atomic mass is 9.98. The molecule has 1 aliphatic carbocycles. The smallest absolute Gasteiger partial charge is 0.277 e. The van der Waals surface area contributed by atoms with Crippen LogP contribution in [0, 0.1) is 17.2 Å². The Bertz CT molecular complexity index is 799.